The molecule has 0 aliphatic rings. The van der Waals surface area contributed by atoms with Crippen LogP contribution in [0.25, 0.3) is 22.6 Å². The van der Waals surface area contributed by atoms with Crippen LogP contribution in [-0.4, -0.2) is 24.6 Å². The third kappa shape index (κ3) is 2.37. The fraction of sp³-hybridized carbons (Fsp3) is 0.133. The van der Waals surface area contributed by atoms with E-state index in [2.05, 4.69) is 15.0 Å². The minimum Gasteiger partial charge on any atom is -0.506 e. The molecule has 0 fully saturated rings. The molecule has 0 aliphatic carbocycles. The summed E-state index contributed by atoms with van der Waals surface area (Å²) in [5.74, 6) is 0.344. The van der Waals surface area contributed by atoms with Gasteiger partial charge in [0.25, 0.3) is 0 Å². The second-order valence-corrected chi connectivity index (χ2v) is 5.35. The lowest BCUT2D eigenvalue weighted by Gasteiger charge is -2.11. The number of nitrogen functional groups attached to an aromatic ring is 1. The number of nitrogens with zero attached hydrogens (tertiary/aromatic N) is 4. The van der Waals surface area contributed by atoms with E-state index in [0.717, 1.165) is 17.0 Å². The van der Waals surface area contributed by atoms with Crippen LogP contribution in [0.15, 0.2) is 30.7 Å². The quantitative estimate of drug-likeness (QED) is 0.759. The average Bonchev–Trinajstić information content (AvgIpc) is 2.81. The van der Waals surface area contributed by atoms with Gasteiger partial charge in [0.15, 0.2) is 0 Å². The first kappa shape index (κ1) is 14.3. The van der Waals surface area contributed by atoms with Crippen molar-refractivity contribution >= 4 is 17.4 Å². The van der Waals surface area contributed by atoms with Crippen molar-refractivity contribution in [1.29, 1.82) is 0 Å². The number of rotatable bonds is 2. The molecule has 0 aliphatic heterocycles. The Morgan fingerprint density at radius 1 is 1.23 bits per heavy atom. The minimum absolute atomic E-state index is 0.0204. The Labute approximate surface area is 132 Å². The number of phenols is 1. The number of anilines is 1. The average molecular weight is 316 g/mol. The lowest BCUT2D eigenvalue weighted by Crippen LogP contribution is -2.02. The highest BCUT2D eigenvalue weighted by molar-refractivity contribution is 6.32. The summed E-state index contributed by atoms with van der Waals surface area (Å²) in [6, 6.07) is 4.90. The zero-order valence-electron chi connectivity index (χ0n) is 12.1. The van der Waals surface area contributed by atoms with Gasteiger partial charge >= 0.3 is 0 Å². The van der Waals surface area contributed by atoms with E-state index in [4.69, 9.17) is 17.3 Å². The molecule has 0 unspecified atom stereocenters. The smallest absolute Gasteiger partial charge is 0.142 e. The van der Waals surface area contributed by atoms with E-state index < -0.39 is 0 Å². The Kier molecular flexibility index (Phi) is 3.46. The number of phenolic OH excluding ortho intramolecular Hbond substituents is 1. The maximum Gasteiger partial charge on any atom is 0.142 e. The van der Waals surface area contributed by atoms with Crippen LogP contribution in [0.5, 0.6) is 5.75 Å². The van der Waals surface area contributed by atoms with Crippen molar-refractivity contribution in [3.05, 3.63) is 41.4 Å². The van der Waals surface area contributed by atoms with Gasteiger partial charge in [-0.3, -0.25) is 4.98 Å². The number of halogens is 1. The molecule has 0 spiro atoms. The highest BCUT2D eigenvalue weighted by Gasteiger charge is 2.17. The molecule has 112 valence electrons. The zero-order chi connectivity index (χ0) is 15.9. The molecular formula is C15H14ClN5O. The molecule has 6 nitrogen and oxygen atoms in total. The topological polar surface area (TPSA) is 89.9 Å². The number of hydrogen-bond donors (Lipinski definition) is 2. The monoisotopic (exact) mass is 315 g/mol. The van der Waals surface area contributed by atoms with Gasteiger partial charge in [-0.1, -0.05) is 11.6 Å². The number of aryl methyl sites for hydroxylation is 2. The van der Waals surface area contributed by atoms with Crippen molar-refractivity contribution in [2.75, 3.05) is 5.73 Å². The molecule has 7 heteroatoms. The molecule has 0 amide bonds. The second-order valence-electron chi connectivity index (χ2n) is 4.95. The summed E-state index contributed by atoms with van der Waals surface area (Å²) < 4.78 is 1.87. The molecule has 1 aromatic carbocycles. The standard InChI is InChI=1S/C15H14ClN5O/c1-8-15(21(2)7-19-8)14-13(18-6-12(17)20-14)9-3-4-11(22)10(16)5-9/h3-7,22H,1-2H3,(H2,17,20). The number of hydrogen-bond acceptors (Lipinski definition) is 5. The largest absolute Gasteiger partial charge is 0.506 e. The molecule has 0 atom stereocenters. The molecule has 3 aromatic rings. The molecule has 3 N–H and O–H groups in total. The Hall–Kier alpha value is -2.60. The van der Waals surface area contributed by atoms with Crippen LogP contribution in [-0.2, 0) is 7.05 Å². The maximum absolute atomic E-state index is 9.57. The van der Waals surface area contributed by atoms with Crippen molar-refractivity contribution in [3.63, 3.8) is 0 Å². The highest BCUT2D eigenvalue weighted by Crippen LogP contribution is 2.34. The summed E-state index contributed by atoms with van der Waals surface area (Å²) in [4.78, 5) is 13.1. The van der Waals surface area contributed by atoms with Crippen LogP contribution in [0.4, 0.5) is 5.82 Å². The Bertz CT molecular complexity index is 840. The summed E-state index contributed by atoms with van der Waals surface area (Å²) in [5.41, 5.74) is 9.45. The molecule has 3 rings (SSSR count). The van der Waals surface area contributed by atoms with Gasteiger partial charge in [-0.2, -0.15) is 0 Å². The lowest BCUT2D eigenvalue weighted by atomic mass is 10.1. The van der Waals surface area contributed by atoms with Gasteiger partial charge in [0, 0.05) is 12.6 Å². The first-order valence-corrected chi connectivity index (χ1v) is 6.95. The summed E-state index contributed by atoms with van der Waals surface area (Å²) in [6.07, 6.45) is 3.20. The number of benzene rings is 1. The predicted molar refractivity (Wildman–Crippen MR) is 85.5 cm³/mol. The molecular weight excluding hydrogens is 302 g/mol. The van der Waals surface area contributed by atoms with Crippen molar-refractivity contribution in [1.82, 2.24) is 19.5 Å². The molecule has 0 radical (unpaired) electrons. The molecule has 0 saturated heterocycles. The summed E-state index contributed by atoms with van der Waals surface area (Å²) in [5, 5.41) is 9.83. The third-order valence-corrected chi connectivity index (χ3v) is 3.66. The molecule has 2 heterocycles. The van der Waals surface area contributed by atoms with Gasteiger partial charge in [0.2, 0.25) is 0 Å². The van der Waals surface area contributed by atoms with Crippen LogP contribution >= 0.6 is 11.6 Å². The van der Waals surface area contributed by atoms with Gasteiger partial charge < -0.3 is 15.4 Å². The normalized spacial score (nSPS) is 10.9. The van der Waals surface area contributed by atoms with Gasteiger partial charge in [-0.15, -0.1) is 0 Å². The first-order valence-electron chi connectivity index (χ1n) is 6.57. The Balaban J connectivity index is 2.27. The summed E-state index contributed by atoms with van der Waals surface area (Å²) in [6.45, 7) is 1.90. The van der Waals surface area contributed by atoms with Crippen molar-refractivity contribution in [3.8, 4) is 28.4 Å². The fourth-order valence-electron chi connectivity index (χ4n) is 2.32. The molecule has 22 heavy (non-hydrogen) atoms. The van der Waals surface area contributed by atoms with Crippen LogP contribution in [0.3, 0.4) is 0 Å². The minimum atomic E-state index is 0.0204. The maximum atomic E-state index is 9.57. The van der Waals surface area contributed by atoms with E-state index in [-0.39, 0.29) is 10.8 Å². The SMILES string of the molecule is Cc1ncn(C)c1-c1nc(N)cnc1-c1ccc(O)c(Cl)c1. The number of nitrogens with two attached hydrogens (primary N) is 1. The fourth-order valence-corrected chi connectivity index (χ4v) is 2.50. The zero-order valence-corrected chi connectivity index (χ0v) is 12.8. The third-order valence-electron chi connectivity index (χ3n) is 3.36. The second kappa shape index (κ2) is 5.31. The Morgan fingerprint density at radius 3 is 2.64 bits per heavy atom. The Morgan fingerprint density at radius 2 is 2.00 bits per heavy atom. The number of aromatic hydroxyl groups is 1. The first-order chi connectivity index (χ1) is 10.5. The van der Waals surface area contributed by atoms with E-state index in [1.165, 1.54) is 12.3 Å². The molecule has 0 saturated carbocycles. The van der Waals surface area contributed by atoms with Gasteiger partial charge in [0.1, 0.15) is 17.3 Å². The lowest BCUT2D eigenvalue weighted by molar-refractivity contribution is 0.475. The summed E-state index contributed by atoms with van der Waals surface area (Å²) in [7, 11) is 1.88. The van der Waals surface area contributed by atoms with E-state index in [0.29, 0.717) is 17.2 Å². The van der Waals surface area contributed by atoms with Gasteiger partial charge in [-0.25, -0.2) is 9.97 Å². The van der Waals surface area contributed by atoms with E-state index in [1.807, 2.05) is 18.5 Å². The predicted octanol–water partition coefficient (Wildman–Crippen LogP) is 2.79. The van der Waals surface area contributed by atoms with E-state index in [9.17, 15) is 5.11 Å². The van der Waals surface area contributed by atoms with E-state index >= 15 is 0 Å². The number of imidazole rings is 1. The van der Waals surface area contributed by atoms with Crippen LogP contribution < -0.4 is 5.73 Å². The van der Waals surface area contributed by atoms with Gasteiger partial charge in [0.05, 0.1) is 34.6 Å². The number of aromatic nitrogens is 4. The van der Waals surface area contributed by atoms with E-state index in [1.54, 1.807) is 18.5 Å². The van der Waals surface area contributed by atoms with Crippen LogP contribution in [0.1, 0.15) is 5.69 Å². The van der Waals surface area contributed by atoms with Crippen LogP contribution in [0.2, 0.25) is 5.02 Å². The summed E-state index contributed by atoms with van der Waals surface area (Å²) >= 11 is 5.99. The molecule has 2 aromatic heterocycles. The molecule has 0 bridgehead atoms. The van der Waals surface area contributed by atoms with Crippen molar-refractivity contribution in [2.24, 2.45) is 7.05 Å². The van der Waals surface area contributed by atoms with Crippen molar-refractivity contribution in [2.45, 2.75) is 6.92 Å². The van der Waals surface area contributed by atoms with Crippen molar-refractivity contribution < 1.29 is 5.11 Å². The highest BCUT2D eigenvalue weighted by atomic mass is 35.5. The van der Waals surface area contributed by atoms with Gasteiger partial charge in [-0.05, 0) is 25.1 Å². The van der Waals surface area contributed by atoms with Crippen LogP contribution in [0, 0.1) is 6.92 Å².